The van der Waals surface area contributed by atoms with Crippen molar-refractivity contribution in [1.82, 2.24) is 10.2 Å². The Labute approximate surface area is 178 Å². The van der Waals surface area contributed by atoms with Crippen molar-refractivity contribution in [2.24, 2.45) is 5.92 Å². The van der Waals surface area contributed by atoms with Crippen molar-refractivity contribution in [1.29, 1.82) is 0 Å². The van der Waals surface area contributed by atoms with E-state index in [-0.39, 0.29) is 29.7 Å². The van der Waals surface area contributed by atoms with Crippen LogP contribution in [-0.4, -0.2) is 50.1 Å². The van der Waals surface area contributed by atoms with Gasteiger partial charge in [-0.1, -0.05) is 23.8 Å². The first-order chi connectivity index (χ1) is 14.3. The van der Waals surface area contributed by atoms with Crippen molar-refractivity contribution in [2.45, 2.75) is 32.7 Å². The van der Waals surface area contributed by atoms with Gasteiger partial charge in [-0.2, -0.15) is 0 Å². The number of likely N-dealkylation sites (tertiary alicyclic amines) is 1. The molecule has 0 saturated carbocycles. The van der Waals surface area contributed by atoms with Crippen LogP contribution in [0.4, 0.5) is 0 Å². The Morgan fingerprint density at radius 1 is 1.03 bits per heavy atom. The van der Waals surface area contributed by atoms with Crippen LogP contribution in [0.15, 0.2) is 42.5 Å². The van der Waals surface area contributed by atoms with Gasteiger partial charge in [-0.25, -0.2) is 0 Å². The molecule has 0 aliphatic carbocycles. The summed E-state index contributed by atoms with van der Waals surface area (Å²) < 4.78 is 10.9. The maximum absolute atomic E-state index is 13.1. The zero-order valence-corrected chi connectivity index (χ0v) is 18.3. The number of amides is 2. The zero-order valence-electron chi connectivity index (χ0n) is 18.3. The Bertz CT molecular complexity index is 908. The minimum absolute atomic E-state index is 0.0257. The van der Waals surface area contributed by atoms with Gasteiger partial charge in [0.2, 0.25) is 5.91 Å². The van der Waals surface area contributed by atoms with E-state index in [1.807, 2.05) is 63.2 Å². The molecule has 0 radical (unpaired) electrons. The molecule has 1 aliphatic heterocycles. The normalized spacial score (nSPS) is 18.4. The summed E-state index contributed by atoms with van der Waals surface area (Å²) in [6, 6.07) is 13.2. The van der Waals surface area contributed by atoms with E-state index in [9.17, 15) is 9.59 Å². The summed E-state index contributed by atoms with van der Waals surface area (Å²) in [6.45, 7) is 6.68. The predicted octanol–water partition coefficient (Wildman–Crippen LogP) is 3.39. The average Bonchev–Trinajstić information content (AvgIpc) is 3.18. The van der Waals surface area contributed by atoms with Gasteiger partial charge in [-0.3, -0.25) is 9.59 Å². The highest BCUT2D eigenvalue weighted by Crippen LogP contribution is 2.39. The molecule has 1 N–H and O–H groups in total. The molecule has 1 saturated heterocycles. The maximum atomic E-state index is 13.1. The SMILES string of the molecule is COc1ccc(C2CN(C(=O)c3ccc(C)cc3)CC2C(=O)NC(C)C)c(OC)c1. The van der Waals surface area contributed by atoms with Gasteiger partial charge < -0.3 is 19.7 Å². The van der Waals surface area contributed by atoms with Gasteiger partial charge >= 0.3 is 0 Å². The molecule has 1 heterocycles. The lowest BCUT2D eigenvalue weighted by atomic mass is 9.87. The van der Waals surface area contributed by atoms with Crippen LogP contribution in [0, 0.1) is 12.8 Å². The first-order valence-corrected chi connectivity index (χ1v) is 10.2. The van der Waals surface area contributed by atoms with Crippen molar-refractivity contribution >= 4 is 11.8 Å². The van der Waals surface area contributed by atoms with Crippen molar-refractivity contribution in [3.8, 4) is 11.5 Å². The second-order valence-corrected chi connectivity index (χ2v) is 8.06. The van der Waals surface area contributed by atoms with E-state index in [1.165, 1.54) is 0 Å². The molecule has 6 nitrogen and oxygen atoms in total. The molecule has 30 heavy (non-hydrogen) atoms. The second kappa shape index (κ2) is 9.20. The number of carbonyl (C=O) groups is 2. The molecular weight excluding hydrogens is 380 g/mol. The minimum atomic E-state index is -0.357. The van der Waals surface area contributed by atoms with Gasteiger partial charge in [0.25, 0.3) is 5.91 Å². The minimum Gasteiger partial charge on any atom is -0.497 e. The summed E-state index contributed by atoms with van der Waals surface area (Å²) in [5.74, 6) is 0.707. The Morgan fingerprint density at radius 3 is 2.33 bits per heavy atom. The number of rotatable bonds is 6. The van der Waals surface area contributed by atoms with E-state index >= 15 is 0 Å². The highest BCUT2D eigenvalue weighted by atomic mass is 16.5. The smallest absolute Gasteiger partial charge is 0.253 e. The van der Waals surface area contributed by atoms with Crippen LogP contribution < -0.4 is 14.8 Å². The first-order valence-electron chi connectivity index (χ1n) is 10.2. The Morgan fingerprint density at radius 2 is 1.73 bits per heavy atom. The van der Waals surface area contributed by atoms with Crippen LogP contribution in [0.2, 0.25) is 0 Å². The number of ether oxygens (including phenoxy) is 2. The number of hydrogen-bond donors (Lipinski definition) is 1. The van der Waals surface area contributed by atoms with Crippen LogP contribution in [0.1, 0.15) is 41.3 Å². The maximum Gasteiger partial charge on any atom is 0.253 e. The monoisotopic (exact) mass is 410 g/mol. The van der Waals surface area contributed by atoms with Gasteiger partial charge in [0.05, 0.1) is 20.1 Å². The lowest BCUT2D eigenvalue weighted by molar-refractivity contribution is -0.125. The summed E-state index contributed by atoms with van der Waals surface area (Å²) in [5.41, 5.74) is 2.63. The molecule has 160 valence electrons. The molecule has 0 bridgehead atoms. The van der Waals surface area contributed by atoms with E-state index in [4.69, 9.17) is 9.47 Å². The number of benzene rings is 2. The number of aryl methyl sites for hydroxylation is 1. The molecule has 3 rings (SSSR count). The molecule has 2 unspecified atom stereocenters. The largest absolute Gasteiger partial charge is 0.497 e. The Hall–Kier alpha value is -3.02. The van der Waals surface area contributed by atoms with Crippen LogP contribution in [0.25, 0.3) is 0 Å². The second-order valence-electron chi connectivity index (χ2n) is 8.06. The summed E-state index contributed by atoms with van der Waals surface area (Å²) in [6.07, 6.45) is 0. The third-order valence-corrected chi connectivity index (χ3v) is 5.51. The van der Waals surface area contributed by atoms with Crippen LogP contribution in [0.5, 0.6) is 11.5 Å². The first kappa shape index (κ1) is 21.7. The van der Waals surface area contributed by atoms with Crippen molar-refractivity contribution < 1.29 is 19.1 Å². The van der Waals surface area contributed by atoms with Gasteiger partial charge in [-0.15, -0.1) is 0 Å². The molecular formula is C24H30N2O4. The van der Waals surface area contributed by atoms with Crippen molar-refractivity contribution in [3.63, 3.8) is 0 Å². The van der Waals surface area contributed by atoms with E-state index in [0.29, 0.717) is 30.2 Å². The Balaban J connectivity index is 1.93. The summed E-state index contributed by atoms with van der Waals surface area (Å²) in [5, 5.41) is 3.01. The molecule has 0 aromatic heterocycles. The van der Waals surface area contributed by atoms with E-state index in [0.717, 1.165) is 11.1 Å². The molecule has 6 heteroatoms. The predicted molar refractivity (Wildman–Crippen MR) is 116 cm³/mol. The standard InChI is InChI=1S/C24H30N2O4/c1-15(2)25-23(27)21-14-26(24(28)17-8-6-16(3)7-9-17)13-20(21)19-11-10-18(29-4)12-22(19)30-5/h6-12,15,20-21H,13-14H2,1-5H3,(H,25,27). The number of methoxy groups -OCH3 is 2. The molecule has 2 aromatic rings. The van der Waals surface area contributed by atoms with Gasteiger partial charge in [0.1, 0.15) is 11.5 Å². The van der Waals surface area contributed by atoms with Crippen LogP contribution in [-0.2, 0) is 4.79 Å². The quantitative estimate of drug-likeness (QED) is 0.793. The van der Waals surface area contributed by atoms with Crippen LogP contribution in [0.3, 0.4) is 0 Å². The third-order valence-electron chi connectivity index (χ3n) is 5.51. The van der Waals surface area contributed by atoms with E-state index in [2.05, 4.69) is 5.32 Å². The molecule has 2 aromatic carbocycles. The highest BCUT2D eigenvalue weighted by molar-refractivity contribution is 5.95. The molecule has 1 aliphatic rings. The summed E-state index contributed by atoms with van der Waals surface area (Å²) >= 11 is 0. The highest BCUT2D eigenvalue weighted by Gasteiger charge is 2.41. The summed E-state index contributed by atoms with van der Waals surface area (Å²) in [4.78, 5) is 27.9. The fourth-order valence-electron chi connectivity index (χ4n) is 3.95. The molecule has 1 fully saturated rings. The lowest BCUT2D eigenvalue weighted by Gasteiger charge is -2.21. The molecule has 2 atom stereocenters. The number of hydrogen-bond acceptors (Lipinski definition) is 4. The number of carbonyl (C=O) groups excluding carboxylic acids is 2. The van der Waals surface area contributed by atoms with Crippen molar-refractivity contribution in [3.05, 3.63) is 59.2 Å². The van der Waals surface area contributed by atoms with Gasteiger partial charge in [0, 0.05) is 42.2 Å². The Kier molecular flexibility index (Phi) is 6.65. The fraction of sp³-hybridized carbons (Fsp3) is 0.417. The van der Waals surface area contributed by atoms with E-state index < -0.39 is 0 Å². The average molecular weight is 411 g/mol. The zero-order chi connectivity index (χ0) is 21.8. The fourth-order valence-corrected chi connectivity index (χ4v) is 3.95. The van der Waals surface area contributed by atoms with Gasteiger partial charge in [0.15, 0.2) is 0 Å². The number of nitrogens with zero attached hydrogens (tertiary/aromatic N) is 1. The summed E-state index contributed by atoms with van der Waals surface area (Å²) in [7, 11) is 3.20. The number of nitrogens with one attached hydrogen (secondary N) is 1. The van der Waals surface area contributed by atoms with E-state index in [1.54, 1.807) is 19.1 Å². The topological polar surface area (TPSA) is 67.9 Å². The molecule has 2 amide bonds. The third kappa shape index (κ3) is 4.58. The van der Waals surface area contributed by atoms with Crippen molar-refractivity contribution in [2.75, 3.05) is 27.3 Å². The molecule has 0 spiro atoms. The van der Waals surface area contributed by atoms with Gasteiger partial charge in [-0.05, 0) is 39.0 Å². The van der Waals surface area contributed by atoms with Crippen LogP contribution >= 0.6 is 0 Å². The lowest BCUT2D eigenvalue weighted by Crippen LogP contribution is -2.39.